The first-order valence-electron chi connectivity index (χ1n) is 10.1. The summed E-state index contributed by atoms with van der Waals surface area (Å²) in [5.41, 5.74) is 9.71. The van der Waals surface area contributed by atoms with E-state index < -0.39 is 0 Å². The molecule has 32 heavy (non-hydrogen) atoms. The van der Waals surface area contributed by atoms with Crippen molar-refractivity contribution in [3.05, 3.63) is 90.4 Å². The average molecular weight is 423 g/mol. The van der Waals surface area contributed by atoms with Gasteiger partial charge in [0.25, 0.3) is 0 Å². The van der Waals surface area contributed by atoms with Gasteiger partial charge in [-0.05, 0) is 40.1 Å². The van der Waals surface area contributed by atoms with Gasteiger partial charge in [0.1, 0.15) is 5.75 Å². The van der Waals surface area contributed by atoms with Crippen LogP contribution in [-0.2, 0) is 6.42 Å². The van der Waals surface area contributed by atoms with Crippen molar-refractivity contribution >= 4 is 27.8 Å². The third-order valence-corrected chi connectivity index (χ3v) is 5.29. The molecule has 158 valence electrons. The molecule has 0 aliphatic carbocycles. The Labute approximate surface area is 184 Å². The number of nitrogens with two attached hydrogens (primary N) is 1. The molecule has 5 aromatic rings. The van der Waals surface area contributed by atoms with Gasteiger partial charge >= 0.3 is 0 Å². The van der Waals surface area contributed by atoms with E-state index in [1.165, 1.54) is 0 Å². The normalized spacial score (nSPS) is 10.9. The van der Waals surface area contributed by atoms with Crippen LogP contribution in [0.2, 0.25) is 0 Å². The van der Waals surface area contributed by atoms with Crippen molar-refractivity contribution in [2.75, 3.05) is 18.2 Å². The number of benzene rings is 3. The van der Waals surface area contributed by atoms with Crippen LogP contribution in [0.4, 0.5) is 17.1 Å². The van der Waals surface area contributed by atoms with Gasteiger partial charge in [0, 0.05) is 17.4 Å². The van der Waals surface area contributed by atoms with Gasteiger partial charge in [0.2, 0.25) is 0 Å². The number of hydrogen-bond donors (Lipinski definition) is 2. The number of hydrogen-bond acceptors (Lipinski definition) is 7. The molecule has 0 radical (unpaired) electrons. The monoisotopic (exact) mass is 423 g/mol. The van der Waals surface area contributed by atoms with Crippen molar-refractivity contribution in [3.63, 3.8) is 0 Å². The largest absolute Gasteiger partial charge is 0.496 e. The van der Waals surface area contributed by atoms with Crippen molar-refractivity contribution in [2.24, 2.45) is 0 Å². The highest BCUT2D eigenvalue weighted by Gasteiger charge is 2.13. The van der Waals surface area contributed by atoms with E-state index in [0.29, 0.717) is 23.8 Å². The molecule has 8 nitrogen and oxygen atoms in total. The van der Waals surface area contributed by atoms with Gasteiger partial charge in [-0.15, -0.1) is 5.10 Å². The number of nitrogens with one attached hydrogen (secondary N) is 1. The summed E-state index contributed by atoms with van der Waals surface area (Å²) in [7, 11) is 1.65. The number of nitrogens with zero attached hydrogens (tertiary/aromatic N) is 5. The molecular weight excluding hydrogens is 402 g/mol. The number of tetrazole rings is 1. The van der Waals surface area contributed by atoms with Crippen LogP contribution in [0.1, 0.15) is 11.4 Å². The van der Waals surface area contributed by atoms with E-state index in [0.717, 1.165) is 33.5 Å². The lowest BCUT2D eigenvalue weighted by Crippen LogP contribution is -2.07. The summed E-state index contributed by atoms with van der Waals surface area (Å²) >= 11 is 0. The van der Waals surface area contributed by atoms with Crippen LogP contribution in [0.5, 0.6) is 5.75 Å². The van der Waals surface area contributed by atoms with Crippen LogP contribution in [0.15, 0.2) is 79.0 Å². The molecule has 8 heteroatoms. The molecule has 0 atom stereocenters. The van der Waals surface area contributed by atoms with Gasteiger partial charge in [-0.1, -0.05) is 48.5 Å². The Bertz CT molecular complexity index is 1380. The molecule has 3 aromatic carbocycles. The minimum atomic E-state index is 0.520. The molecular formula is C24H21N7O. The van der Waals surface area contributed by atoms with Gasteiger partial charge in [-0.25, -0.2) is 4.98 Å². The highest BCUT2D eigenvalue weighted by molar-refractivity contribution is 5.99. The zero-order valence-corrected chi connectivity index (χ0v) is 17.4. The number of para-hydroxylation sites is 1. The first kappa shape index (κ1) is 19.5. The molecule has 0 bridgehead atoms. The van der Waals surface area contributed by atoms with E-state index in [1.807, 2.05) is 72.8 Å². The van der Waals surface area contributed by atoms with Gasteiger partial charge in [0.15, 0.2) is 11.6 Å². The molecule has 0 saturated heterocycles. The second-order valence-electron chi connectivity index (χ2n) is 7.27. The Morgan fingerprint density at radius 1 is 0.969 bits per heavy atom. The molecule has 0 aliphatic heterocycles. The lowest BCUT2D eigenvalue weighted by atomic mass is 10.1. The third-order valence-electron chi connectivity index (χ3n) is 5.29. The number of rotatable bonds is 6. The molecule has 0 aliphatic rings. The van der Waals surface area contributed by atoms with E-state index in [2.05, 4.69) is 25.8 Å². The topological polar surface area (TPSA) is 104 Å². The number of pyridine rings is 1. The van der Waals surface area contributed by atoms with E-state index in [1.54, 1.807) is 18.0 Å². The number of methoxy groups -OCH3 is 1. The fraction of sp³-hybridized carbons (Fsp3) is 0.0833. The molecule has 5 rings (SSSR count). The van der Waals surface area contributed by atoms with Crippen molar-refractivity contribution in [1.82, 2.24) is 25.2 Å². The van der Waals surface area contributed by atoms with Crippen molar-refractivity contribution in [2.45, 2.75) is 6.42 Å². The first-order chi connectivity index (χ1) is 15.7. The Kier molecular flexibility index (Phi) is 5.09. The average Bonchev–Trinajstić information content (AvgIpc) is 3.30. The summed E-state index contributed by atoms with van der Waals surface area (Å²) < 4.78 is 7.06. The smallest absolute Gasteiger partial charge is 0.162 e. The predicted octanol–water partition coefficient (Wildman–Crippen LogP) is 4.14. The van der Waals surface area contributed by atoms with Crippen LogP contribution < -0.4 is 15.8 Å². The number of fused-ring (bicyclic) bond motifs is 1. The Hall–Kier alpha value is -4.46. The Morgan fingerprint density at radius 2 is 1.81 bits per heavy atom. The molecule has 0 amide bonds. The molecule has 0 spiro atoms. The van der Waals surface area contributed by atoms with E-state index >= 15 is 0 Å². The summed E-state index contributed by atoms with van der Waals surface area (Å²) in [6.45, 7) is 0. The maximum Gasteiger partial charge on any atom is 0.162 e. The summed E-state index contributed by atoms with van der Waals surface area (Å²) in [6.07, 6.45) is 2.25. The Balaban J connectivity index is 1.38. The fourth-order valence-electron chi connectivity index (χ4n) is 3.66. The molecule has 2 aromatic heterocycles. The van der Waals surface area contributed by atoms with Gasteiger partial charge in [0.05, 0.1) is 30.4 Å². The second kappa shape index (κ2) is 8.35. The van der Waals surface area contributed by atoms with E-state index in [-0.39, 0.29) is 0 Å². The number of ether oxygens (including phenoxy) is 1. The maximum atomic E-state index is 6.37. The maximum absolute atomic E-state index is 6.37. The molecule has 2 heterocycles. The molecule has 3 N–H and O–H groups in total. The standard InChI is InChI=1S/C24H21N7O/c1-32-21-9-5-3-7-17(21)14-23-28-29-30-31(23)22-13-11-18(15-26-22)27-20-12-10-16-6-2-4-8-19(16)24(20)25/h2-13,15,27H,14,25H2,1H3. The minimum absolute atomic E-state index is 0.520. The summed E-state index contributed by atoms with van der Waals surface area (Å²) in [4.78, 5) is 4.54. The predicted molar refractivity (Wildman–Crippen MR) is 124 cm³/mol. The SMILES string of the molecule is COc1ccccc1Cc1nnnn1-c1ccc(Nc2ccc3ccccc3c2N)cn1. The lowest BCUT2D eigenvalue weighted by Gasteiger charge is -2.12. The minimum Gasteiger partial charge on any atom is -0.496 e. The van der Waals surface area contributed by atoms with E-state index in [4.69, 9.17) is 10.5 Å². The van der Waals surface area contributed by atoms with Crippen LogP contribution in [0.3, 0.4) is 0 Å². The first-order valence-corrected chi connectivity index (χ1v) is 10.1. The molecule has 0 unspecified atom stereocenters. The van der Waals surface area contributed by atoms with E-state index in [9.17, 15) is 0 Å². The van der Waals surface area contributed by atoms with Crippen molar-refractivity contribution in [3.8, 4) is 11.6 Å². The van der Waals surface area contributed by atoms with Gasteiger partial charge < -0.3 is 15.8 Å². The zero-order valence-electron chi connectivity index (χ0n) is 17.4. The van der Waals surface area contributed by atoms with Gasteiger partial charge in [-0.3, -0.25) is 0 Å². The number of nitrogen functional groups attached to an aromatic ring is 1. The van der Waals surface area contributed by atoms with Gasteiger partial charge in [-0.2, -0.15) is 4.68 Å². The molecule has 0 fully saturated rings. The lowest BCUT2D eigenvalue weighted by molar-refractivity contribution is 0.410. The fourth-order valence-corrected chi connectivity index (χ4v) is 3.66. The highest BCUT2D eigenvalue weighted by atomic mass is 16.5. The van der Waals surface area contributed by atoms with Crippen LogP contribution in [0.25, 0.3) is 16.6 Å². The quantitative estimate of drug-likeness (QED) is 0.396. The summed E-state index contributed by atoms with van der Waals surface area (Å²) in [5.74, 6) is 2.08. The van der Waals surface area contributed by atoms with Crippen molar-refractivity contribution in [1.29, 1.82) is 0 Å². The number of aromatic nitrogens is 5. The van der Waals surface area contributed by atoms with Crippen LogP contribution in [-0.4, -0.2) is 32.3 Å². The van der Waals surface area contributed by atoms with Crippen LogP contribution in [0, 0.1) is 0 Å². The van der Waals surface area contributed by atoms with Crippen molar-refractivity contribution < 1.29 is 4.74 Å². The summed E-state index contributed by atoms with van der Waals surface area (Å²) in [5, 5.41) is 17.6. The number of anilines is 3. The highest BCUT2D eigenvalue weighted by Crippen LogP contribution is 2.30. The van der Waals surface area contributed by atoms with Crippen LogP contribution >= 0.6 is 0 Å². The molecule has 0 saturated carbocycles. The zero-order chi connectivity index (χ0) is 21.9. The summed E-state index contributed by atoms with van der Waals surface area (Å²) in [6, 6.07) is 23.6. The third kappa shape index (κ3) is 3.69. The Morgan fingerprint density at radius 3 is 2.66 bits per heavy atom. The second-order valence-corrected chi connectivity index (χ2v) is 7.27.